The van der Waals surface area contributed by atoms with Crippen molar-refractivity contribution < 1.29 is 4.79 Å². The summed E-state index contributed by atoms with van der Waals surface area (Å²) in [5.41, 5.74) is 9.86. The summed E-state index contributed by atoms with van der Waals surface area (Å²) in [6.45, 7) is 7.43. The minimum absolute atomic E-state index is 0.253. The molecule has 2 fully saturated rings. The van der Waals surface area contributed by atoms with E-state index in [0.29, 0.717) is 12.4 Å². The average Bonchev–Trinajstić information content (AvgIpc) is 2.84. The molecule has 4 heterocycles. The van der Waals surface area contributed by atoms with E-state index in [-0.39, 0.29) is 5.91 Å². The summed E-state index contributed by atoms with van der Waals surface area (Å²) < 4.78 is 0. The lowest BCUT2D eigenvalue weighted by molar-refractivity contribution is -0.131. The summed E-state index contributed by atoms with van der Waals surface area (Å²) >= 11 is 0. The van der Waals surface area contributed by atoms with Crippen LogP contribution in [0.25, 0.3) is 0 Å². The minimum Gasteiger partial charge on any atom is -0.368 e. The van der Waals surface area contributed by atoms with Crippen LogP contribution in [0.15, 0.2) is 24.3 Å². The van der Waals surface area contributed by atoms with Gasteiger partial charge in [0.2, 0.25) is 11.9 Å². The molecule has 1 aromatic carbocycles. The number of piperidine rings is 1. The van der Waals surface area contributed by atoms with Crippen LogP contribution in [0.5, 0.6) is 0 Å². The van der Waals surface area contributed by atoms with Crippen LogP contribution in [0.1, 0.15) is 36.0 Å². The Morgan fingerprint density at radius 1 is 0.879 bits per heavy atom. The summed E-state index contributed by atoms with van der Waals surface area (Å²) in [6.07, 6.45) is 4.94. The zero-order valence-electron chi connectivity index (χ0n) is 19.7. The van der Waals surface area contributed by atoms with Crippen molar-refractivity contribution in [1.82, 2.24) is 19.8 Å². The number of likely N-dealkylation sites (tertiary alicyclic amines) is 1. The number of amides is 1. The van der Waals surface area contributed by atoms with Crippen LogP contribution in [0, 0.1) is 0 Å². The number of rotatable bonds is 4. The lowest BCUT2D eigenvalue weighted by Gasteiger charge is -2.34. The highest BCUT2D eigenvalue weighted by molar-refractivity contribution is 5.79. The van der Waals surface area contributed by atoms with Crippen molar-refractivity contribution >= 4 is 23.5 Å². The van der Waals surface area contributed by atoms with Crippen molar-refractivity contribution in [2.24, 2.45) is 0 Å². The van der Waals surface area contributed by atoms with Gasteiger partial charge in [0.25, 0.3) is 0 Å². The second-order valence-electron chi connectivity index (χ2n) is 9.63. The van der Waals surface area contributed by atoms with Crippen molar-refractivity contribution in [2.45, 2.75) is 38.6 Å². The van der Waals surface area contributed by atoms with E-state index < -0.39 is 0 Å². The molecule has 2 saturated heterocycles. The largest absolute Gasteiger partial charge is 0.368 e. The highest BCUT2D eigenvalue weighted by Gasteiger charge is 2.23. The summed E-state index contributed by atoms with van der Waals surface area (Å²) in [6, 6.07) is 8.63. The predicted molar refractivity (Wildman–Crippen MR) is 131 cm³/mol. The maximum Gasteiger partial charge on any atom is 0.226 e. The Labute approximate surface area is 196 Å². The number of anilines is 3. The van der Waals surface area contributed by atoms with E-state index in [9.17, 15) is 4.79 Å². The Balaban J connectivity index is 1.30. The Hall–Kier alpha value is -2.87. The average molecular weight is 450 g/mol. The number of likely N-dealkylation sites (N-methyl/N-ethyl adjacent to an activating group) is 1. The summed E-state index contributed by atoms with van der Waals surface area (Å²) in [7, 11) is 2.15. The zero-order valence-corrected chi connectivity index (χ0v) is 19.7. The van der Waals surface area contributed by atoms with Gasteiger partial charge in [0, 0.05) is 58.4 Å². The fourth-order valence-corrected chi connectivity index (χ4v) is 5.14. The smallest absolute Gasteiger partial charge is 0.226 e. The van der Waals surface area contributed by atoms with Gasteiger partial charge in [-0.1, -0.05) is 18.2 Å². The molecule has 2 aromatic rings. The molecule has 8 nitrogen and oxygen atoms in total. The number of piperazine rings is 1. The molecule has 176 valence electrons. The fraction of sp³-hybridized carbons (Fsp3) is 0.560. The molecule has 3 aliphatic heterocycles. The number of aromatic nitrogens is 2. The van der Waals surface area contributed by atoms with Gasteiger partial charge in [-0.05, 0) is 49.4 Å². The molecule has 0 aliphatic carbocycles. The van der Waals surface area contributed by atoms with Crippen LogP contribution in [0.4, 0.5) is 17.6 Å². The summed E-state index contributed by atoms with van der Waals surface area (Å²) in [5.74, 6) is 2.38. The Bertz CT molecular complexity index is 996. The van der Waals surface area contributed by atoms with Gasteiger partial charge in [-0.3, -0.25) is 4.79 Å². The molecule has 0 saturated carbocycles. The number of hydrogen-bond acceptors (Lipinski definition) is 7. The second-order valence-corrected chi connectivity index (χ2v) is 9.63. The molecular weight excluding hydrogens is 414 g/mol. The number of fused-ring (bicyclic) bond motifs is 1. The minimum atomic E-state index is 0.253. The molecule has 1 amide bonds. The Morgan fingerprint density at radius 2 is 1.61 bits per heavy atom. The van der Waals surface area contributed by atoms with Crippen LogP contribution >= 0.6 is 0 Å². The molecule has 0 unspecified atom stereocenters. The molecule has 0 atom stereocenters. The van der Waals surface area contributed by atoms with E-state index in [1.807, 2.05) is 4.90 Å². The van der Waals surface area contributed by atoms with Crippen LogP contribution in [-0.4, -0.2) is 78.5 Å². The second kappa shape index (κ2) is 9.55. The number of benzene rings is 1. The number of hydrogen-bond donors (Lipinski definition) is 1. The van der Waals surface area contributed by atoms with Crippen LogP contribution in [0.3, 0.4) is 0 Å². The quantitative estimate of drug-likeness (QED) is 0.764. The Morgan fingerprint density at radius 3 is 2.36 bits per heavy atom. The number of carbonyl (C=O) groups excluding carboxylic acids is 1. The molecule has 0 bridgehead atoms. The van der Waals surface area contributed by atoms with Gasteiger partial charge in [0.05, 0.1) is 6.42 Å². The first-order chi connectivity index (χ1) is 16.0. The number of nitrogens with zero attached hydrogens (tertiary/aromatic N) is 6. The van der Waals surface area contributed by atoms with Gasteiger partial charge in [0.15, 0.2) is 0 Å². The third-order valence-corrected chi connectivity index (χ3v) is 7.21. The van der Waals surface area contributed by atoms with Crippen molar-refractivity contribution in [3.63, 3.8) is 0 Å². The van der Waals surface area contributed by atoms with E-state index in [1.165, 1.54) is 17.5 Å². The topological polar surface area (TPSA) is 81.8 Å². The van der Waals surface area contributed by atoms with Gasteiger partial charge in [-0.25, -0.2) is 0 Å². The van der Waals surface area contributed by atoms with Crippen molar-refractivity contribution in [3.8, 4) is 0 Å². The van der Waals surface area contributed by atoms with E-state index in [4.69, 9.17) is 5.73 Å². The monoisotopic (exact) mass is 449 g/mol. The van der Waals surface area contributed by atoms with Crippen molar-refractivity contribution in [1.29, 1.82) is 0 Å². The molecule has 3 aliphatic rings. The standard InChI is InChI=1S/C25H35N7O/c1-29-11-13-30(14-12-29)22-17-23(28-25(26)27-22)32-10-7-20-6-5-19(15-21(20)18-32)16-24(33)31-8-3-2-4-9-31/h5-6,15,17H,2-4,7-14,16,18H2,1H3,(H2,26,27,28). The molecule has 1 aromatic heterocycles. The number of nitrogens with two attached hydrogens (primary N) is 1. The fourth-order valence-electron chi connectivity index (χ4n) is 5.14. The van der Waals surface area contributed by atoms with E-state index in [1.54, 1.807) is 0 Å². The molecule has 0 spiro atoms. The third-order valence-electron chi connectivity index (χ3n) is 7.21. The molecular formula is C25H35N7O. The first-order valence-corrected chi connectivity index (χ1v) is 12.3. The van der Waals surface area contributed by atoms with Gasteiger partial charge >= 0.3 is 0 Å². The van der Waals surface area contributed by atoms with Crippen LogP contribution in [0.2, 0.25) is 0 Å². The maximum absolute atomic E-state index is 12.7. The molecule has 2 N–H and O–H groups in total. The molecule has 8 heteroatoms. The van der Waals surface area contributed by atoms with E-state index in [2.05, 4.69) is 56.0 Å². The van der Waals surface area contributed by atoms with E-state index >= 15 is 0 Å². The first-order valence-electron chi connectivity index (χ1n) is 12.3. The predicted octanol–water partition coefficient (Wildman–Crippen LogP) is 1.93. The number of nitrogen functional groups attached to an aromatic ring is 1. The van der Waals surface area contributed by atoms with Gasteiger partial charge < -0.3 is 25.3 Å². The maximum atomic E-state index is 12.7. The van der Waals surface area contributed by atoms with E-state index in [0.717, 1.165) is 88.8 Å². The van der Waals surface area contributed by atoms with Gasteiger partial charge in [-0.15, -0.1) is 0 Å². The highest BCUT2D eigenvalue weighted by atomic mass is 16.2. The molecule has 5 rings (SSSR count). The first kappa shape index (κ1) is 21.9. The van der Waals surface area contributed by atoms with Crippen molar-refractivity contribution in [3.05, 3.63) is 41.0 Å². The summed E-state index contributed by atoms with van der Waals surface area (Å²) in [4.78, 5) is 30.8. The number of carbonyl (C=O) groups is 1. The summed E-state index contributed by atoms with van der Waals surface area (Å²) in [5, 5.41) is 0. The van der Waals surface area contributed by atoms with Gasteiger partial charge in [0.1, 0.15) is 11.6 Å². The third kappa shape index (κ3) is 5.05. The highest BCUT2D eigenvalue weighted by Crippen LogP contribution is 2.27. The van der Waals surface area contributed by atoms with Crippen LogP contribution < -0.4 is 15.5 Å². The lowest BCUT2D eigenvalue weighted by atomic mass is 9.96. The SMILES string of the molecule is CN1CCN(c2cc(N3CCc4ccc(CC(=O)N5CCCCC5)cc4C3)nc(N)n2)CC1. The zero-order chi connectivity index (χ0) is 22.8. The molecule has 0 radical (unpaired) electrons. The van der Waals surface area contributed by atoms with Crippen molar-refractivity contribution in [2.75, 3.05) is 68.4 Å². The molecule has 33 heavy (non-hydrogen) atoms. The van der Waals surface area contributed by atoms with Crippen LogP contribution in [-0.2, 0) is 24.2 Å². The Kier molecular flexibility index (Phi) is 6.35. The lowest BCUT2D eigenvalue weighted by Crippen LogP contribution is -2.45. The van der Waals surface area contributed by atoms with Gasteiger partial charge in [-0.2, -0.15) is 9.97 Å². The normalized spacial score (nSPS) is 19.5.